The van der Waals surface area contributed by atoms with Crippen molar-refractivity contribution in [1.82, 2.24) is 10.6 Å². The van der Waals surface area contributed by atoms with Crippen molar-refractivity contribution in [3.63, 3.8) is 0 Å². The molecule has 0 aromatic rings. The van der Waals surface area contributed by atoms with Gasteiger partial charge in [-0.05, 0) is 26.0 Å². The standard InChI is InChI=1S/C14H24N2O6S/c1-10(2)12(17)20-7-6-16-14(19)22-11(3)9-21-13(18)15-5-4-8-23/h11,23H,1,4-9H2,2-3H3,(H,15,18)(H,16,19). The van der Waals surface area contributed by atoms with E-state index in [4.69, 9.17) is 14.2 Å². The number of hydrogen-bond acceptors (Lipinski definition) is 7. The zero-order chi connectivity index (χ0) is 17.7. The normalized spacial score (nSPS) is 11.1. The largest absolute Gasteiger partial charge is 0.460 e. The van der Waals surface area contributed by atoms with Crippen LogP contribution in [0.15, 0.2) is 12.2 Å². The first-order valence-electron chi connectivity index (χ1n) is 7.15. The van der Waals surface area contributed by atoms with Gasteiger partial charge in [-0.3, -0.25) is 0 Å². The van der Waals surface area contributed by atoms with Crippen molar-refractivity contribution in [3.8, 4) is 0 Å². The molecule has 0 aliphatic carbocycles. The van der Waals surface area contributed by atoms with Crippen molar-refractivity contribution in [1.29, 1.82) is 0 Å². The molecule has 0 fully saturated rings. The highest BCUT2D eigenvalue weighted by atomic mass is 32.1. The van der Waals surface area contributed by atoms with Gasteiger partial charge in [0.15, 0.2) is 0 Å². The lowest BCUT2D eigenvalue weighted by atomic mass is 10.4. The fourth-order valence-electron chi connectivity index (χ4n) is 1.19. The second-order valence-electron chi connectivity index (χ2n) is 4.66. The lowest BCUT2D eigenvalue weighted by Crippen LogP contribution is -2.34. The van der Waals surface area contributed by atoms with Crippen molar-refractivity contribution in [2.45, 2.75) is 26.4 Å². The summed E-state index contributed by atoms with van der Waals surface area (Å²) in [4.78, 5) is 33.8. The number of ether oxygens (including phenoxy) is 3. The van der Waals surface area contributed by atoms with Gasteiger partial charge in [0.25, 0.3) is 0 Å². The predicted molar refractivity (Wildman–Crippen MR) is 87.5 cm³/mol. The summed E-state index contributed by atoms with van der Waals surface area (Å²) in [6, 6.07) is 0. The second kappa shape index (κ2) is 12.6. The first kappa shape index (κ1) is 21.1. The van der Waals surface area contributed by atoms with Crippen molar-refractivity contribution >= 4 is 30.8 Å². The van der Waals surface area contributed by atoms with Crippen LogP contribution in [0.25, 0.3) is 0 Å². The van der Waals surface area contributed by atoms with Gasteiger partial charge < -0.3 is 24.8 Å². The van der Waals surface area contributed by atoms with Crippen LogP contribution in [0.4, 0.5) is 9.59 Å². The Kier molecular flexibility index (Phi) is 11.6. The minimum atomic E-state index is -0.692. The first-order valence-corrected chi connectivity index (χ1v) is 7.78. The summed E-state index contributed by atoms with van der Waals surface area (Å²) in [6.07, 6.45) is -1.14. The molecular formula is C14H24N2O6S. The maximum Gasteiger partial charge on any atom is 0.407 e. The molecule has 0 saturated heterocycles. The summed E-state index contributed by atoms with van der Waals surface area (Å²) in [6.45, 7) is 7.07. The van der Waals surface area contributed by atoms with E-state index in [0.717, 1.165) is 6.42 Å². The van der Waals surface area contributed by atoms with Crippen LogP contribution in [0.1, 0.15) is 20.3 Å². The van der Waals surface area contributed by atoms with Crippen molar-refractivity contribution in [3.05, 3.63) is 12.2 Å². The van der Waals surface area contributed by atoms with E-state index in [-0.39, 0.29) is 25.3 Å². The number of carbonyl (C=O) groups is 3. The highest BCUT2D eigenvalue weighted by Crippen LogP contribution is 1.94. The predicted octanol–water partition coefficient (Wildman–Crippen LogP) is 1.27. The first-order chi connectivity index (χ1) is 10.9. The molecule has 0 radical (unpaired) electrons. The Labute approximate surface area is 141 Å². The number of esters is 1. The Morgan fingerprint density at radius 2 is 1.78 bits per heavy atom. The third-order valence-corrected chi connectivity index (χ3v) is 2.63. The van der Waals surface area contributed by atoms with Gasteiger partial charge in [0, 0.05) is 12.1 Å². The molecule has 0 spiro atoms. The lowest BCUT2D eigenvalue weighted by molar-refractivity contribution is -0.138. The Morgan fingerprint density at radius 3 is 2.39 bits per heavy atom. The van der Waals surface area contributed by atoms with E-state index in [2.05, 4.69) is 29.8 Å². The van der Waals surface area contributed by atoms with Crippen LogP contribution in [0, 0.1) is 0 Å². The maximum atomic E-state index is 11.4. The third-order valence-electron chi connectivity index (χ3n) is 2.31. The van der Waals surface area contributed by atoms with Crippen LogP contribution in [-0.4, -0.2) is 56.3 Å². The molecule has 2 N–H and O–H groups in total. The average Bonchev–Trinajstić information content (AvgIpc) is 2.49. The molecular weight excluding hydrogens is 324 g/mol. The van der Waals surface area contributed by atoms with E-state index in [1.807, 2.05) is 0 Å². The molecule has 0 bridgehead atoms. The van der Waals surface area contributed by atoms with Crippen LogP contribution in [-0.2, 0) is 19.0 Å². The lowest BCUT2D eigenvalue weighted by Gasteiger charge is -2.14. The Morgan fingerprint density at radius 1 is 1.13 bits per heavy atom. The van der Waals surface area contributed by atoms with Gasteiger partial charge in [0.1, 0.15) is 19.3 Å². The number of rotatable bonds is 10. The number of nitrogens with one attached hydrogen (secondary N) is 2. The van der Waals surface area contributed by atoms with E-state index in [1.54, 1.807) is 6.92 Å². The summed E-state index contributed by atoms with van der Waals surface area (Å²) >= 11 is 4.01. The number of thiol groups is 1. The summed E-state index contributed by atoms with van der Waals surface area (Å²) < 4.78 is 14.6. The van der Waals surface area contributed by atoms with Gasteiger partial charge in [0.2, 0.25) is 0 Å². The monoisotopic (exact) mass is 348 g/mol. The Balaban J connectivity index is 3.71. The molecule has 9 heteroatoms. The SMILES string of the molecule is C=C(C)C(=O)OCCNC(=O)OC(C)COC(=O)NCCCS. The number of carbonyl (C=O) groups excluding carboxylic acids is 3. The third kappa shape index (κ3) is 12.3. The molecule has 1 atom stereocenters. The molecule has 0 aromatic heterocycles. The highest BCUT2D eigenvalue weighted by molar-refractivity contribution is 7.80. The quantitative estimate of drug-likeness (QED) is 0.181. The highest BCUT2D eigenvalue weighted by Gasteiger charge is 2.12. The van der Waals surface area contributed by atoms with Crippen LogP contribution in [0.2, 0.25) is 0 Å². The minimum absolute atomic E-state index is 0.0131. The Bertz CT molecular complexity index is 416. The van der Waals surface area contributed by atoms with Gasteiger partial charge in [-0.2, -0.15) is 12.6 Å². The molecule has 0 saturated carbocycles. The fourth-order valence-corrected chi connectivity index (χ4v) is 1.35. The average molecular weight is 348 g/mol. The topological polar surface area (TPSA) is 103 Å². The van der Waals surface area contributed by atoms with Crippen LogP contribution >= 0.6 is 12.6 Å². The summed E-state index contributed by atoms with van der Waals surface area (Å²) in [7, 11) is 0. The van der Waals surface area contributed by atoms with Gasteiger partial charge in [-0.15, -0.1) is 0 Å². The van der Waals surface area contributed by atoms with Crippen molar-refractivity contribution in [2.24, 2.45) is 0 Å². The van der Waals surface area contributed by atoms with Crippen LogP contribution in [0.5, 0.6) is 0 Å². The second-order valence-corrected chi connectivity index (χ2v) is 5.11. The fraction of sp³-hybridized carbons (Fsp3) is 0.643. The molecule has 0 aliphatic rings. The Hall–Kier alpha value is -1.90. The molecule has 132 valence electrons. The molecule has 0 aliphatic heterocycles. The van der Waals surface area contributed by atoms with Gasteiger partial charge in [-0.25, -0.2) is 14.4 Å². The van der Waals surface area contributed by atoms with E-state index >= 15 is 0 Å². The van der Waals surface area contributed by atoms with Crippen LogP contribution < -0.4 is 10.6 Å². The minimum Gasteiger partial charge on any atom is -0.460 e. The van der Waals surface area contributed by atoms with E-state index < -0.39 is 24.3 Å². The van der Waals surface area contributed by atoms with E-state index in [0.29, 0.717) is 12.3 Å². The maximum absolute atomic E-state index is 11.4. The van der Waals surface area contributed by atoms with Crippen molar-refractivity contribution < 1.29 is 28.6 Å². The van der Waals surface area contributed by atoms with Crippen molar-refractivity contribution in [2.75, 3.05) is 32.1 Å². The molecule has 0 heterocycles. The van der Waals surface area contributed by atoms with E-state index in [1.165, 1.54) is 6.92 Å². The number of amides is 2. The summed E-state index contributed by atoms with van der Waals surface area (Å²) in [5.41, 5.74) is 0.283. The zero-order valence-electron chi connectivity index (χ0n) is 13.4. The van der Waals surface area contributed by atoms with Gasteiger partial charge in [0.05, 0.1) is 6.54 Å². The smallest absolute Gasteiger partial charge is 0.407 e. The molecule has 0 aromatic carbocycles. The summed E-state index contributed by atoms with van der Waals surface area (Å²) in [5.74, 6) is 0.146. The molecule has 8 nitrogen and oxygen atoms in total. The molecule has 0 rings (SSSR count). The number of hydrogen-bond donors (Lipinski definition) is 3. The zero-order valence-corrected chi connectivity index (χ0v) is 14.3. The molecule has 2 amide bonds. The van der Waals surface area contributed by atoms with E-state index in [9.17, 15) is 14.4 Å². The van der Waals surface area contributed by atoms with Crippen LogP contribution in [0.3, 0.4) is 0 Å². The number of alkyl carbamates (subject to hydrolysis) is 2. The van der Waals surface area contributed by atoms with Gasteiger partial charge >= 0.3 is 18.2 Å². The molecule has 1 unspecified atom stereocenters. The summed E-state index contributed by atoms with van der Waals surface area (Å²) in [5, 5.41) is 4.94. The van der Waals surface area contributed by atoms with Gasteiger partial charge in [-0.1, -0.05) is 6.58 Å². The molecule has 23 heavy (non-hydrogen) atoms.